The van der Waals surface area contributed by atoms with Crippen molar-refractivity contribution in [2.24, 2.45) is 0 Å². The number of rotatable bonds is 1. The van der Waals surface area contributed by atoms with E-state index < -0.39 is 0 Å². The maximum Gasteiger partial charge on any atom is 0.0614 e. The predicted octanol–water partition coefficient (Wildman–Crippen LogP) is 1.87. The van der Waals surface area contributed by atoms with Gasteiger partial charge >= 0.3 is 0 Å². The van der Waals surface area contributed by atoms with Crippen LogP contribution >= 0.6 is 0 Å². The lowest BCUT2D eigenvalue weighted by atomic mass is 10.1. The first-order valence-corrected chi connectivity index (χ1v) is 3.59. The van der Waals surface area contributed by atoms with Crippen LogP contribution in [0.4, 0.5) is 0 Å². The maximum atomic E-state index is 9.16. The highest BCUT2D eigenvalue weighted by atomic mass is 16.3. The fourth-order valence-corrected chi connectivity index (χ4v) is 1.47. The predicted molar refractivity (Wildman–Crippen MR) is 38.2 cm³/mol. The van der Waals surface area contributed by atoms with E-state index in [1.807, 2.05) is 0 Å². The Kier molecular flexibility index (Phi) is 1.91. The molecule has 0 aromatic rings. The molecule has 1 aliphatic rings. The van der Waals surface area contributed by atoms with Gasteiger partial charge in [0.25, 0.3) is 0 Å². The standard InChI is InChI=1S/C8H14O/c1-3-7-5-8(9)4-6(7)2/h8-9H,3-5H2,1-2H3/t8-/m1/s1. The summed E-state index contributed by atoms with van der Waals surface area (Å²) in [6.07, 6.45) is 2.87. The summed E-state index contributed by atoms with van der Waals surface area (Å²) in [6.45, 7) is 4.27. The summed E-state index contributed by atoms with van der Waals surface area (Å²) in [4.78, 5) is 0. The molecule has 0 bridgehead atoms. The van der Waals surface area contributed by atoms with E-state index in [9.17, 15) is 0 Å². The van der Waals surface area contributed by atoms with Crippen molar-refractivity contribution < 1.29 is 5.11 Å². The lowest BCUT2D eigenvalue weighted by molar-refractivity contribution is 0.185. The van der Waals surface area contributed by atoms with E-state index in [4.69, 9.17) is 5.11 Å². The number of aliphatic hydroxyl groups is 1. The highest BCUT2D eigenvalue weighted by Gasteiger charge is 2.16. The Labute approximate surface area is 56.4 Å². The zero-order chi connectivity index (χ0) is 6.85. The van der Waals surface area contributed by atoms with Crippen molar-refractivity contribution in [1.82, 2.24) is 0 Å². The first kappa shape index (κ1) is 6.81. The number of hydrogen-bond donors (Lipinski definition) is 1. The normalized spacial score (nSPS) is 27.7. The number of aliphatic hydroxyl groups excluding tert-OH is 1. The zero-order valence-electron chi connectivity index (χ0n) is 6.15. The molecule has 1 aliphatic carbocycles. The minimum atomic E-state index is -0.0695. The Bertz CT molecular complexity index is 136. The van der Waals surface area contributed by atoms with Gasteiger partial charge in [-0.15, -0.1) is 0 Å². The molecule has 0 unspecified atom stereocenters. The Balaban J connectivity index is 2.58. The van der Waals surface area contributed by atoms with Crippen LogP contribution in [0.5, 0.6) is 0 Å². The highest BCUT2D eigenvalue weighted by molar-refractivity contribution is 5.19. The third kappa shape index (κ3) is 1.33. The van der Waals surface area contributed by atoms with Gasteiger partial charge in [0.05, 0.1) is 6.10 Å². The quantitative estimate of drug-likeness (QED) is 0.532. The van der Waals surface area contributed by atoms with Crippen LogP contribution in [0.15, 0.2) is 11.1 Å². The second-order valence-corrected chi connectivity index (χ2v) is 2.80. The Morgan fingerprint density at radius 1 is 1.56 bits per heavy atom. The molecule has 0 spiro atoms. The summed E-state index contributed by atoms with van der Waals surface area (Å²) in [5, 5.41) is 9.16. The summed E-state index contributed by atoms with van der Waals surface area (Å²) in [6, 6.07) is 0. The molecule has 1 rings (SSSR count). The molecule has 0 aromatic heterocycles. The van der Waals surface area contributed by atoms with Crippen LogP contribution in [-0.4, -0.2) is 11.2 Å². The average molecular weight is 126 g/mol. The molecule has 9 heavy (non-hydrogen) atoms. The minimum Gasteiger partial charge on any atom is -0.392 e. The summed E-state index contributed by atoms with van der Waals surface area (Å²) in [5.41, 5.74) is 2.87. The van der Waals surface area contributed by atoms with Crippen molar-refractivity contribution in [1.29, 1.82) is 0 Å². The van der Waals surface area contributed by atoms with E-state index in [0.717, 1.165) is 19.3 Å². The molecule has 0 saturated carbocycles. The van der Waals surface area contributed by atoms with Gasteiger partial charge in [-0.3, -0.25) is 0 Å². The van der Waals surface area contributed by atoms with Crippen LogP contribution < -0.4 is 0 Å². The molecule has 0 fully saturated rings. The van der Waals surface area contributed by atoms with Gasteiger partial charge < -0.3 is 5.11 Å². The third-order valence-corrected chi connectivity index (χ3v) is 2.05. The molecule has 1 nitrogen and oxygen atoms in total. The fraction of sp³-hybridized carbons (Fsp3) is 0.750. The second kappa shape index (κ2) is 2.53. The van der Waals surface area contributed by atoms with Crippen LogP contribution in [0.2, 0.25) is 0 Å². The highest BCUT2D eigenvalue weighted by Crippen LogP contribution is 2.27. The lowest BCUT2D eigenvalue weighted by Gasteiger charge is -1.97. The SMILES string of the molecule is CCC1=C(C)C[C@@H](O)C1. The van der Waals surface area contributed by atoms with Gasteiger partial charge in [-0.1, -0.05) is 18.1 Å². The molecule has 0 saturated heterocycles. The van der Waals surface area contributed by atoms with Gasteiger partial charge in [-0.25, -0.2) is 0 Å². The third-order valence-electron chi connectivity index (χ3n) is 2.05. The summed E-state index contributed by atoms with van der Waals surface area (Å²) in [5.74, 6) is 0. The molecule has 0 radical (unpaired) electrons. The van der Waals surface area contributed by atoms with Crippen molar-refractivity contribution in [2.75, 3.05) is 0 Å². The molecule has 0 aromatic carbocycles. The maximum absolute atomic E-state index is 9.16. The van der Waals surface area contributed by atoms with Crippen molar-refractivity contribution in [3.63, 3.8) is 0 Å². The van der Waals surface area contributed by atoms with Crippen molar-refractivity contribution in [2.45, 2.75) is 39.2 Å². The van der Waals surface area contributed by atoms with Crippen LogP contribution in [0.1, 0.15) is 33.1 Å². The van der Waals surface area contributed by atoms with Gasteiger partial charge in [-0.2, -0.15) is 0 Å². The van der Waals surface area contributed by atoms with E-state index >= 15 is 0 Å². The topological polar surface area (TPSA) is 20.2 Å². The van der Waals surface area contributed by atoms with Gasteiger partial charge in [0.2, 0.25) is 0 Å². The van der Waals surface area contributed by atoms with Crippen LogP contribution in [0, 0.1) is 0 Å². The monoisotopic (exact) mass is 126 g/mol. The van der Waals surface area contributed by atoms with Crippen LogP contribution in [0.3, 0.4) is 0 Å². The first-order valence-electron chi connectivity index (χ1n) is 3.59. The Hall–Kier alpha value is -0.300. The van der Waals surface area contributed by atoms with Crippen molar-refractivity contribution in [3.8, 4) is 0 Å². The molecule has 0 heterocycles. The Morgan fingerprint density at radius 2 is 2.22 bits per heavy atom. The van der Waals surface area contributed by atoms with Gasteiger partial charge in [0.1, 0.15) is 0 Å². The number of hydrogen-bond acceptors (Lipinski definition) is 1. The summed E-state index contributed by atoms with van der Waals surface area (Å²) < 4.78 is 0. The Morgan fingerprint density at radius 3 is 2.44 bits per heavy atom. The smallest absolute Gasteiger partial charge is 0.0614 e. The summed E-state index contributed by atoms with van der Waals surface area (Å²) in [7, 11) is 0. The molecular weight excluding hydrogens is 112 g/mol. The average Bonchev–Trinajstić information content (AvgIpc) is 2.10. The lowest BCUT2D eigenvalue weighted by Crippen LogP contribution is -1.98. The molecule has 52 valence electrons. The van der Waals surface area contributed by atoms with E-state index in [0.29, 0.717) is 0 Å². The van der Waals surface area contributed by atoms with Crippen LogP contribution in [0.25, 0.3) is 0 Å². The van der Waals surface area contributed by atoms with Crippen LogP contribution in [-0.2, 0) is 0 Å². The van der Waals surface area contributed by atoms with E-state index in [1.54, 1.807) is 0 Å². The van der Waals surface area contributed by atoms with Gasteiger partial charge in [0.15, 0.2) is 0 Å². The van der Waals surface area contributed by atoms with Gasteiger partial charge in [-0.05, 0) is 26.2 Å². The first-order chi connectivity index (χ1) is 4.24. The largest absolute Gasteiger partial charge is 0.392 e. The zero-order valence-corrected chi connectivity index (χ0v) is 6.15. The fourth-order valence-electron chi connectivity index (χ4n) is 1.47. The second-order valence-electron chi connectivity index (χ2n) is 2.80. The van der Waals surface area contributed by atoms with Crippen molar-refractivity contribution >= 4 is 0 Å². The van der Waals surface area contributed by atoms with E-state index in [2.05, 4.69) is 13.8 Å². The van der Waals surface area contributed by atoms with E-state index in [-0.39, 0.29) is 6.10 Å². The molecule has 0 aliphatic heterocycles. The van der Waals surface area contributed by atoms with Gasteiger partial charge in [0, 0.05) is 0 Å². The van der Waals surface area contributed by atoms with Crippen molar-refractivity contribution in [3.05, 3.63) is 11.1 Å². The molecule has 1 N–H and O–H groups in total. The molecular formula is C8H14O. The summed E-state index contributed by atoms with van der Waals surface area (Å²) >= 11 is 0. The molecule has 0 amide bonds. The molecule has 1 heteroatoms. The molecule has 1 atom stereocenters. The van der Waals surface area contributed by atoms with E-state index in [1.165, 1.54) is 11.1 Å². The minimum absolute atomic E-state index is 0.0695.